The molecule has 0 amide bonds. The molecule has 8 aliphatic carbocycles. The lowest BCUT2D eigenvalue weighted by molar-refractivity contribution is 0.257. The smallest absolute Gasteiger partial charge is 0.0560 e. The van der Waals surface area contributed by atoms with E-state index in [-0.39, 0.29) is 43.8 Å². The monoisotopic (exact) mass is 946 g/mol. The van der Waals surface area contributed by atoms with Gasteiger partial charge in [0.05, 0.1) is 10.8 Å². The van der Waals surface area contributed by atoms with Gasteiger partial charge in [0.25, 0.3) is 0 Å². The molecular formula is C74H30N2. The standard InChI is InChI=1S/C74H30N2/c1-67(2)9-71-59-43-31-19-11-12-16-13-17-24-32(20(13)19)44(43)60(71)47-35(24)29-39-28(17)38-26(16)36-21(12)22-14-15(11)23(31)33-25-18(14)27-37(22)51-50(36)63-52(38)53(39)65-56-41(29)48(47)62-57-49-42-30(34(25)46(45(33)59)61(49)72(62,71)10-68(3,4)75-67)40(27)54-55(42)66(58(56)57)74(65)70(7,8)76-69(5,6)73(63,74)64(51)54/h75-76H,9-10H2,1-8H3. The van der Waals surface area contributed by atoms with Crippen LogP contribution in [0.1, 0.15) is 113 Å². The SMILES string of the molecule is CC1(C)CC23c4c5c6c7c8c9c%10c%11c%12c%13c%14c%15c(c6c6c4c4c%16c%17c%18c(c%19c%20c2c5c8c2c%20c5c%19c8c%18c%18c%19c%17c%17c4c6c%15c4c%14c6c%12c%12c%14c%11c(c92)c5c%14c8c%18c%12c6c%19c4%17)C%163CC(C)(C)N1)C71C(C)(C)NC(C)(C)C%10%131. The van der Waals surface area contributed by atoms with E-state index < -0.39 is 0 Å². The van der Waals surface area contributed by atoms with Gasteiger partial charge in [-0.15, -0.1) is 0 Å². The van der Waals surface area contributed by atoms with Crippen LogP contribution in [0.5, 0.6) is 0 Å². The Hall–Kier alpha value is -7.36. The van der Waals surface area contributed by atoms with Gasteiger partial charge in [-0.25, -0.2) is 0 Å². The van der Waals surface area contributed by atoms with Crippen molar-refractivity contribution >= 4 is 259 Å². The van der Waals surface area contributed by atoms with Crippen molar-refractivity contribution < 1.29 is 0 Å². The fourth-order valence-electron chi connectivity index (χ4n) is 30.5. The van der Waals surface area contributed by atoms with E-state index in [0.717, 1.165) is 12.8 Å². The second-order valence-corrected chi connectivity index (χ2v) is 31.9. The average molecular weight is 947 g/mol. The highest BCUT2D eigenvalue weighted by Gasteiger charge is 2.82. The van der Waals surface area contributed by atoms with Gasteiger partial charge in [-0.1, -0.05) is 0 Å². The number of hydrogen-bond donors (Lipinski definition) is 2. The highest BCUT2D eigenvalue weighted by Crippen LogP contribution is 2.90. The highest BCUT2D eigenvalue weighted by molar-refractivity contribution is 6.78. The highest BCUT2D eigenvalue weighted by atomic mass is 15.2. The second kappa shape index (κ2) is 6.64. The quantitative estimate of drug-likeness (QED) is 0.148. The maximum atomic E-state index is 4.82. The molecule has 24 aromatic rings. The van der Waals surface area contributed by atoms with Crippen molar-refractivity contribution in [3.8, 4) is 0 Å². The first-order valence-electron chi connectivity index (χ1n) is 29.4. The van der Waals surface area contributed by atoms with Gasteiger partial charge in [0.15, 0.2) is 0 Å². The maximum Gasteiger partial charge on any atom is 0.0560 e. The Labute approximate surface area is 423 Å². The van der Waals surface area contributed by atoms with E-state index in [0.29, 0.717) is 0 Å². The Balaban J connectivity index is 1.17. The lowest BCUT2D eigenvalue weighted by Gasteiger charge is -2.57. The van der Waals surface area contributed by atoms with Crippen LogP contribution in [-0.4, -0.2) is 22.2 Å². The van der Waals surface area contributed by atoms with E-state index in [4.69, 9.17) is 5.32 Å². The van der Waals surface area contributed by atoms with Gasteiger partial charge in [-0.2, -0.15) is 0 Å². The van der Waals surface area contributed by atoms with E-state index in [2.05, 4.69) is 60.7 Å². The number of benzene rings is 16. The first-order valence-corrected chi connectivity index (χ1v) is 29.4. The zero-order chi connectivity index (χ0) is 47.2. The topological polar surface area (TPSA) is 24.1 Å². The summed E-state index contributed by atoms with van der Waals surface area (Å²) in [6, 6.07) is 0. The Kier molecular flexibility index (Phi) is 2.71. The molecule has 10 aliphatic rings. The molecule has 34 rings (SSSR count). The summed E-state index contributed by atoms with van der Waals surface area (Å²) < 4.78 is 0. The molecule has 76 heavy (non-hydrogen) atoms. The normalized spacial score (nSPS) is 30.0. The van der Waals surface area contributed by atoms with Crippen LogP contribution in [0, 0.1) is 0 Å². The summed E-state index contributed by atoms with van der Waals surface area (Å²) in [6.45, 7) is 21.5. The summed E-state index contributed by atoms with van der Waals surface area (Å²) in [5.74, 6) is 0. The number of nitrogens with one attached hydrogen (secondary N) is 2. The molecule has 0 bridgehead atoms. The van der Waals surface area contributed by atoms with Gasteiger partial charge < -0.3 is 10.6 Å². The minimum absolute atomic E-state index is 0.126. The molecule has 2 saturated heterocycles. The van der Waals surface area contributed by atoms with Crippen molar-refractivity contribution in [2.45, 2.75) is 112 Å². The predicted molar refractivity (Wildman–Crippen MR) is 319 cm³/mol. The minimum Gasteiger partial charge on any atom is -0.307 e. The summed E-state index contributed by atoms with van der Waals surface area (Å²) >= 11 is 0. The van der Waals surface area contributed by atoms with Crippen LogP contribution in [0.15, 0.2) is 0 Å². The zero-order valence-corrected chi connectivity index (χ0v) is 42.4. The maximum absolute atomic E-state index is 4.82. The Morgan fingerprint density at radius 1 is 0.184 bits per heavy atom. The molecule has 4 spiro atoms. The van der Waals surface area contributed by atoms with Gasteiger partial charge >= 0.3 is 0 Å². The number of hydrogen-bond acceptors (Lipinski definition) is 2. The first-order chi connectivity index (χ1) is 36.8. The van der Waals surface area contributed by atoms with E-state index in [1.807, 2.05) is 22.3 Å². The van der Waals surface area contributed by atoms with Crippen LogP contribution in [0.2, 0.25) is 0 Å². The van der Waals surface area contributed by atoms with Crippen LogP contribution < -0.4 is 10.6 Å². The third-order valence-corrected chi connectivity index (χ3v) is 29.1. The van der Waals surface area contributed by atoms with E-state index in [1.165, 1.54) is 0 Å². The van der Waals surface area contributed by atoms with Gasteiger partial charge in [-0.3, -0.25) is 0 Å². The largest absolute Gasteiger partial charge is 0.307 e. The Bertz CT molecular complexity index is 7520. The van der Waals surface area contributed by atoms with Crippen molar-refractivity contribution in [3.05, 3.63) is 44.5 Å². The summed E-state index contributed by atoms with van der Waals surface area (Å²) in [5, 5.41) is 91.1. The minimum atomic E-state index is -0.321. The van der Waals surface area contributed by atoms with Crippen LogP contribution in [0.3, 0.4) is 0 Å². The van der Waals surface area contributed by atoms with Gasteiger partial charge in [-0.05, 0) is 371 Å². The van der Waals surface area contributed by atoms with E-state index in [9.17, 15) is 0 Å². The third kappa shape index (κ3) is 1.62. The molecule has 0 radical (unpaired) electrons. The van der Waals surface area contributed by atoms with E-state index in [1.54, 1.807) is 281 Å². The molecule has 0 saturated carbocycles. The fraction of sp³-hybridized carbons (Fsp3) is 0.243. The molecule has 2 heteroatoms. The van der Waals surface area contributed by atoms with Crippen molar-refractivity contribution in [1.29, 1.82) is 0 Å². The first kappa shape index (κ1) is 31.0. The van der Waals surface area contributed by atoms with Crippen molar-refractivity contribution in [2.75, 3.05) is 0 Å². The molecule has 2 heterocycles. The van der Waals surface area contributed by atoms with Crippen LogP contribution in [0.4, 0.5) is 0 Å². The molecule has 336 valence electrons. The lowest BCUT2D eigenvalue weighted by Crippen LogP contribution is -2.61. The molecular weight excluding hydrogens is 917 g/mol. The van der Waals surface area contributed by atoms with Gasteiger partial charge in [0.2, 0.25) is 0 Å². The molecule has 2 nitrogen and oxygen atoms in total. The summed E-state index contributed by atoms with van der Waals surface area (Å²) in [4.78, 5) is 0. The molecule has 24 aromatic carbocycles. The van der Waals surface area contributed by atoms with Crippen molar-refractivity contribution in [3.63, 3.8) is 0 Å². The van der Waals surface area contributed by atoms with Gasteiger partial charge in [0.1, 0.15) is 0 Å². The molecule has 4 atom stereocenters. The summed E-state index contributed by atoms with van der Waals surface area (Å²) in [6.07, 6.45) is 2.22. The molecule has 2 N–H and O–H groups in total. The Morgan fingerprint density at radius 3 is 0.539 bits per heavy atom. The van der Waals surface area contributed by atoms with E-state index >= 15 is 0 Å². The van der Waals surface area contributed by atoms with Crippen LogP contribution in [-0.2, 0) is 21.7 Å². The third-order valence-electron chi connectivity index (χ3n) is 29.1. The second-order valence-electron chi connectivity index (χ2n) is 31.9. The molecule has 2 aliphatic heterocycles. The summed E-state index contributed by atoms with van der Waals surface area (Å²) in [5.41, 5.74) is 12.5. The summed E-state index contributed by atoms with van der Waals surface area (Å²) in [7, 11) is 0. The van der Waals surface area contributed by atoms with Crippen LogP contribution >= 0.6 is 0 Å². The number of rotatable bonds is 0. The van der Waals surface area contributed by atoms with Crippen molar-refractivity contribution in [2.24, 2.45) is 0 Å². The Morgan fingerprint density at radius 2 is 0.329 bits per heavy atom. The fourth-order valence-corrected chi connectivity index (χ4v) is 30.5. The van der Waals surface area contributed by atoms with Crippen molar-refractivity contribution in [1.82, 2.24) is 10.6 Å². The molecule has 4 unspecified atom stereocenters. The molecule has 0 aromatic heterocycles. The zero-order valence-electron chi connectivity index (χ0n) is 42.4. The average Bonchev–Trinajstić information content (AvgIpc) is 1.50. The van der Waals surface area contributed by atoms with Crippen LogP contribution in [0.25, 0.3) is 259 Å². The van der Waals surface area contributed by atoms with Gasteiger partial charge in [0, 0.05) is 33.0 Å². The molecule has 2 fully saturated rings. The predicted octanol–water partition coefficient (Wildman–Crippen LogP) is 18.0. The lowest BCUT2D eigenvalue weighted by atomic mass is 9.42.